The summed E-state index contributed by atoms with van der Waals surface area (Å²) in [6.45, 7) is 6.54. The second kappa shape index (κ2) is 5.79. The Morgan fingerprint density at radius 3 is 3.10 bits per heavy atom. The molecule has 20 heavy (non-hydrogen) atoms. The second-order valence-corrected chi connectivity index (χ2v) is 5.85. The van der Waals surface area contributed by atoms with E-state index in [-0.39, 0.29) is 0 Å². The van der Waals surface area contributed by atoms with Gasteiger partial charge in [-0.25, -0.2) is 9.50 Å². The van der Waals surface area contributed by atoms with Gasteiger partial charge in [-0.05, 0) is 44.3 Å². The smallest absolute Gasteiger partial charge is 0.152 e. The maximum atomic E-state index is 4.61. The zero-order valence-electron chi connectivity index (χ0n) is 12.3. The topological polar surface area (TPSA) is 54.2 Å². The normalized spacial score (nSPS) is 20.2. The minimum absolute atomic E-state index is 0.435. The lowest BCUT2D eigenvalue weighted by molar-refractivity contribution is 0.635. The molecule has 0 bridgehead atoms. The highest BCUT2D eigenvalue weighted by atomic mass is 15.2. The van der Waals surface area contributed by atoms with Crippen molar-refractivity contribution in [2.75, 3.05) is 18.4 Å². The summed E-state index contributed by atoms with van der Waals surface area (Å²) < 4.78 is 1.93. The number of nitrogens with zero attached hydrogens (tertiary/aromatic N) is 3. The molecule has 3 heterocycles. The maximum absolute atomic E-state index is 4.61. The summed E-state index contributed by atoms with van der Waals surface area (Å²) in [5.74, 6) is 1.39. The first-order chi connectivity index (χ1) is 9.74. The van der Waals surface area contributed by atoms with Crippen molar-refractivity contribution in [1.29, 1.82) is 0 Å². The van der Waals surface area contributed by atoms with E-state index in [1.807, 2.05) is 16.9 Å². The molecule has 2 aromatic rings. The van der Waals surface area contributed by atoms with Crippen molar-refractivity contribution in [1.82, 2.24) is 19.9 Å². The van der Waals surface area contributed by atoms with E-state index in [4.69, 9.17) is 0 Å². The first-order valence-electron chi connectivity index (χ1n) is 7.55. The highest BCUT2D eigenvalue weighted by molar-refractivity contribution is 5.68. The van der Waals surface area contributed by atoms with Crippen LogP contribution in [0.1, 0.15) is 44.7 Å². The molecular weight excluding hydrogens is 250 g/mol. The molecule has 108 valence electrons. The average Bonchev–Trinajstić information content (AvgIpc) is 2.72. The van der Waals surface area contributed by atoms with Crippen LogP contribution >= 0.6 is 0 Å². The molecule has 5 nitrogen and oxygen atoms in total. The maximum Gasteiger partial charge on any atom is 0.152 e. The summed E-state index contributed by atoms with van der Waals surface area (Å²) in [4.78, 5) is 4.51. The van der Waals surface area contributed by atoms with E-state index in [2.05, 4.69) is 40.6 Å². The molecule has 0 saturated carbocycles. The van der Waals surface area contributed by atoms with E-state index in [9.17, 15) is 0 Å². The first kappa shape index (κ1) is 13.4. The Morgan fingerprint density at radius 2 is 2.25 bits per heavy atom. The number of fused-ring (bicyclic) bond motifs is 1. The molecule has 1 aliphatic heterocycles. The van der Waals surface area contributed by atoms with Gasteiger partial charge in [-0.3, -0.25) is 0 Å². The van der Waals surface area contributed by atoms with Gasteiger partial charge >= 0.3 is 0 Å². The molecule has 5 heteroatoms. The van der Waals surface area contributed by atoms with Gasteiger partial charge in [0.05, 0.1) is 5.69 Å². The lowest BCUT2D eigenvalue weighted by Crippen LogP contribution is -2.22. The molecule has 2 N–H and O–H groups in total. The summed E-state index contributed by atoms with van der Waals surface area (Å²) in [5.41, 5.74) is 2.19. The molecule has 0 aliphatic carbocycles. The Morgan fingerprint density at radius 1 is 1.35 bits per heavy atom. The van der Waals surface area contributed by atoms with Crippen LogP contribution in [0.5, 0.6) is 0 Å². The number of aromatic nitrogens is 3. The van der Waals surface area contributed by atoms with Crippen molar-refractivity contribution in [3.8, 4) is 0 Å². The van der Waals surface area contributed by atoms with Crippen LogP contribution in [0.3, 0.4) is 0 Å². The number of anilines is 1. The molecule has 1 aliphatic rings. The highest BCUT2D eigenvalue weighted by Gasteiger charge is 2.15. The van der Waals surface area contributed by atoms with Crippen LogP contribution in [0.2, 0.25) is 0 Å². The van der Waals surface area contributed by atoms with Crippen molar-refractivity contribution >= 4 is 11.3 Å². The van der Waals surface area contributed by atoms with E-state index >= 15 is 0 Å². The second-order valence-electron chi connectivity index (χ2n) is 5.85. The predicted molar refractivity (Wildman–Crippen MR) is 81.2 cm³/mol. The average molecular weight is 273 g/mol. The SMILES string of the molecule is CC(C)c1cc2c(NC3CCCNCC3)nccn2n1. The van der Waals surface area contributed by atoms with Crippen molar-refractivity contribution in [2.45, 2.75) is 45.1 Å². The van der Waals surface area contributed by atoms with Crippen LogP contribution in [0.25, 0.3) is 5.52 Å². The summed E-state index contributed by atoms with van der Waals surface area (Å²) in [6.07, 6.45) is 7.30. The number of hydrogen-bond donors (Lipinski definition) is 2. The third-order valence-corrected chi connectivity index (χ3v) is 3.92. The Labute approximate surface area is 119 Å². The van der Waals surface area contributed by atoms with E-state index in [1.54, 1.807) is 0 Å². The van der Waals surface area contributed by atoms with Gasteiger partial charge in [-0.1, -0.05) is 13.8 Å². The van der Waals surface area contributed by atoms with Gasteiger partial charge in [0, 0.05) is 18.4 Å². The Bertz CT molecular complexity index is 567. The Hall–Kier alpha value is -1.62. The molecule has 1 unspecified atom stereocenters. The molecule has 1 saturated heterocycles. The number of nitrogens with one attached hydrogen (secondary N) is 2. The fraction of sp³-hybridized carbons (Fsp3) is 0.600. The van der Waals surface area contributed by atoms with E-state index in [1.165, 1.54) is 12.8 Å². The van der Waals surface area contributed by atoms with Gasteiger partial charge in [0.15, 0.2) is 5.82 Å². The summed E-state index contributed by atoms with van der Waals surface area (Å²) in [6, 6.07) is 2.65. The van der Waals surface area contributed by atoms with E-state index in [0.29, 0.717) is 12.0 Å². The number of hydrogen-bond acceptors (Lipinski definition) is 4. The fourth-order valence-electron chi connectivity index (χ4n) is 2.69. The van der Waals surface area contributed by atoms with E-state index in [0.717, 1.165) is 36.5 Å². The van der Waals surface area contributed by atoms with Gasteiger partial charge in [-0.15, -0.1) is 0 Å². The van der Waals surface area contributed by atoms with Crippen LogP contribution in [0.4, 0.5) is 5.82 Å². The van der Waals surface area contributed by atoms with Crippen LogP contribution in [-0.4, -0.2) is 33.7 Å². The summed E-state index contributed by atoms with van der Waals surface area (Å²) in [5, 5.41) is 11.7. The van der Waals surface area contributed by atoms with Gasteiger partial charge in [0.2, 0.25) is 0 Å². The first-order valence-corrected chi connectivity index (χ1v) is 7.55. The third kappa shape index (κ3) is 2.77. The molecule has 0 amide bonds. The van der Waals surface area contributed by atoms with Crippen LogP contribution in [0.15, 0.2) is 18.5 Å². The van der Waals surface area contributed by atoms with Gasteiger partial charge < -0.3 is 10.6 Å². The lowest BCUT2D eigenvalue weighted by Gasteiger charge is -2.16. The van der Waals surface area contributed by atoms with Crippen LogP contribution in [-0.2, 0) is 0 Å². The van der Waals surface area contributed by atoms with Crippen molar-refractivity contribution < 1.29 is 0 Å². The van der Waals surface area contributed by atoms with Crippen molar-refractivity contribution in [3.63, 3.8) is 0 Å². The number of rotatable bonds is 3. The molecule has 3 rings (SSSR count). The minimum Gasteiger partial charge on any atom is -0.366 e. The highest BCUT2D eigenvalue weighted by Crippen LogP contribution is 2.21. The lowest BCUT2D eigenvalue weighted by atomic mass is 10.1. The standard InChI is InChI=1S/C15H23N5/c1-11(2)13-10-14-15(17-8-9-20(14)19-13)18-12-4-3-6-16-7-5-12/h8-12,16H,3-7H2,1-2H3,(H,17,18). The Balaban J connectivity index is 1.86. The summed E-state index contributed by atoms with van der Waals surface area (Å²) >= 11 is 0. The minimum atomic E-state index is 0.435. The van der Waals surface area contributed by atoms with Crippen molar-refractivity contribution in [2.24, 2.45) is 0 Å². The monoisotopic (exact) mass is 273 g/mol. The largest absolute Gasteiger partial charge is 0.366 e. The fourth-order valence-corrected chi connectivity index (χ4v) is 2.69. The quantitative estimate of drug-likeness (QED) is 0.901. The predicted octanol–water partition coefficient (Wildman–Crippen LogP) is 2.41. The van der Waals surface area contributed by atoms with Gasteiger partial charge in [0.1, 0.15) is 5.52 Å². The zero-order chi connectivity index (χ0) is 13.9. The molecule has 1 atom stereocenters. The molecule has 1 fully saturated rings. The van der Waals surface area contributed by atoms with Gasteiger partial charge in [-0.2, -0.15) is 5.10 Å². The van der Waals surface area contributed by atoms with Crippen LogP contribution < -0.4 is 10.6 Å². The van der Waals surface area contributed by atoms with Crippen molar-refractivity contribution in [3.05, 3.63) is 24.2 Å². The Kier molecular flexibility index (Phi) is 3.87. The molecule has 0 radical (unpaired) electrons. The van der Waals surface area contributed by atoms with Gasteiger partial charge in [0.25, 0.3) is 0 Å². The zero-order valence-corrected chi connectivity index (χ0v) is 12.3. The molecule has 2 aromatic heterocycles. The molecule has 0 spiro atoms. The molecular formula is C15H23N5. The summed E-state index contributed by atoms with van der Waals surface area (Å²) in [7, 11) is 0. The van der Waals surface area contributed by atoms with Crippen LogP contribution in [0, 0.1) is 0 Å². The van der Waals surface area contributed by atoms with E-state index < -0.39 is 0 Å². The third-order valence-electron chi connectivity index (χ3n) is 3.92. The molecule has 0 aromatic carbocycles.